The number of para-hydroxylation sites is 1. The van der Waals surface area contributed by atoms with Crippen LogP contribution in [0.4, 0.5) is 0 Å². The summed E-state index contributed by atoms with van der Waals surface area (Å²) in [5.74, 6) is -0.692. The minimum absolute atomic E-state index is 0.148. The number of carbonyl (C=O) groups excluding carboxylic acids is 3. The van der Waals surface area contributed by atoms with Crippen molar-refractivity contribution < 1.29 is 24.2 Å². The fourth-order valence-corrected chi connectivity index (χ4v) is 6.13. The molecule has 0 radical (unpaired) electrons. The number of aliphatic hydroxyl groups is 1. The highest BCUT2D eigenvalue weighted by Gasteiger charge is 2.28. The van der Waals surface area contributed by atoms with Gasteiger partial charge in [-0.25, -0.2) is 0 Å². The van der Waals surface area contributed by atoms with Gasteiger partial charge in [-0.1, -0.05) is 48.5 Å². The Morgan fingerprint density at radius 2 is 1.74 bits per heavy atom. The molecule has 9 nitrogen and oxygen atoms in total. The Labute approximate surface area is 222 Å². The van der Waals surface area contributed by atoms with Crippen LogP contribution in [-0.2, 0) is 11.3 Å². The molecule has 5 rings (SSSR count). The molecule has 1 aliphatic rings. The van der Waals surface area contributed by atoms with E-state index < -0.39 is 12.2 Å². The van der Waals surface area contributed by atoms with Gasteiger partial charge in [0.05, 0.1) is 23.9 Å². The number of hydrogen-bond acceptors (Lipinski definition) is 7. The summed E-state index contributed by atoms with van der Waals surface area (Å²) in [4.78, 5) is 53.8. The number of hydrogen-bond donors (Lipinski definition) is 2. The number of carbonyl (C=O) groups is 3. The third-order valence-electron chi connectivity index (χ3n) is 6.89. The monoisotopic (exact) mass is 533 g/mol. The maximum Gasteiger partial charge on any atom is 0.265 e. The van der Waals surface area contributed by atoms with Crippen LogP contribution in [-0.4, -0.2) is 65.0 Å². The number of pyridine rings is 1. The number of nitrogens with one attached hydrogen (secondary N) is 1. The van der Waals surface area contributed by atoms with Gasteiger partial charge in [0.1, 0.15) is 16.9 Å². The predicted molar refractivity (Wildman–Crippen MR) is 145 cm³/mol. The highest BCUT2D eigenvalue weighted by molar-refractivity contribution is 7.22. The predicted octanol–water partition coefficient (Wildman–Crippen LogP) is 2.82. The van der Waals surface area contributed by atoms with Gasteiger partial charge in [-0.2, -0.15) is 0 Å². The van der Waals surface area contributed by atoms with Crippen LogP contribution in [0.15, 0.2) is 59.4 Å². The van der Waals surface area contributed by atoms with Gasteiger partial charge in [-0.3, -0.25) is 23.7 Å². The fraction of sp³-hybridized carbons (Fsp3) is 0.286. The van der Waals surface area contributed by atoms with Crippen molar-refractivity contribution in [2.24, 2.45) is 0 Å². The number of nitrogens with zero attached hydrogens (tertiary/aromatic N) is 2. The zero-order valence-electron chi connectivity index (χ0n) is 20.8. The van der Waals surface area contributed by atoms with Crippen LogP contribution in [0.25, 0.3) is 21.0 Å². The van der Waals surface area contributed by atoms with Crippen molar-refractivity contribution in [2.75, 3.05) is 26.8 Å². The summed E-state index contributed by atoms with van der Waals surface area (Å²) in [7, 11) is 1.42. The normalized spacial score (nSPS) is 14.1. The van der Waals surface area contributed by atoms with Crippen LogP contribution in [0.3, 0.4) is 0 Å². The first-order valence-corrected chi connectivity index (χ1v) is 13.1. The number of aliphatic hydroxyl groups excluding tert-OH is 1. The zero-order chi connectivity index (χ0) is 26.8. The van der Waals surface area contributed by atoms with Crippen molar-refractivity contribution in [1.29, 1.82) is 0 Å². The number of Topliss-reactive ketones (excluding diaryl/α,β-unsaturated/α-hetero) is 1. The SMILES string of the molecule is COc1c(C(=O)NC2CCN(C(=O)CO)CC2)sc2c1c(=O)n(CC(=O)c1ccccc1)c1ccccc21. The van der Waals surface area contributed by atoms with E-state index in [0.717, 1.165) is 5.39 Å². The maximum absolute atomic E-state index is 13.8. The Bertz CT molecular complexity index is 1590. The molecule has 196 valence electrons. The average molecular weight is 534 g/mol. The molecule has 0 saturated carbocycles. The number of ether oxygens (including phenoxy) is 1. The molecule has 1 saturated heterocycles. The van der Waals surface area contributed by atoms with Crippen molar-refractivity contribution in [3.8, 4) is 5.75 Å². The second kappa shape index (κ2) is 10.8. The van der Waals surface area contributed by atoms with E-state index in [1.54, 1.807) is 35.2 Å². The van der Waals surface area contributed by atoms with Gasteiger partial charge in [0, 0.05) is 30.1 Å². The molecule has 3 heterocycles. The number of likely N-dealkylation sites (tertiary alicyclic amines) is 1. The molecule has 0 aliphatic carbocycles. The number of ketones is 1. The van der Waals surface area contributed by atoms with Crippen molar-refractivity contribution >= 4 is 49.9 Å². The van der Waals surface area contributed by atoms with Crippen LogP contribution < -0.4 is 15.6 Å². The summed E-state index contributed by atoms with van der Waals surface area (Å²) >= 11 is 1.19. The number of rotatable bonds is 7. The van der Waals surface area contributed by atoms with Crippen LogP contribution in [0.1, 0.15) is 32.9 Å². The van der Waals surface area contributed by atoms with Gasteiger partial charge in [-0.15, -0.1) is 11.3 Å². The second-order valence-corrected chi connectivity index (χ2v) is 10.2. The summed E-state index contributed by atoms with van der Waals surface area (Å²) < 4.78 is 7.68. The van der Waals surface area contributed by atoms with E-state index in [-0.39, 0.29) is 46.2 Å². The van der Waals surface area contributed by atoms with Gasteiger partial charge in [-0.05, 0) is 18.9 Å². The Balaban J connectivity index is 1.52. The van der Waals surface area contributed by atoms with E-state index in [2.05, 4.69) is 5.32 Å². The van der Waals surface area contributed by atoms with Crippen molar-refractivity contribution in [1.82, 2.24) is 14.8 Å². The van der Waals surface area contributed by atoms with Crippen LogP contribution >= 0.6 is 11.3 Å². The summed E-state index contributed by atoms with van der Waals surface area (Å²) in [5, 5.41) is 13.1. The lowest BCUT2D eigenvalue weighted by molar-refractivity contribution is -0.135. The fourth-order valence-electron chi connectivity index (χ4n) is 4.93. The Hall–Kier alpha value is -4.02. The number of amides is 2. The first-order chi connectivity index (χ1) is 18.4. The molecule has 2 amide bonds. The highest BCUT2D eigenvalue weighted by Crippen LogP contribution is 2.39. The molecule has 0 unspecified atom stereocenters. The lowest BCUT2D eigenvalue weighted by Gasteiger charge is -2.32. The molecule has 2 N–H and O–H groups in total. The quantitative estimate of drug-likeness (QED) is 0.353. The first kappa shape index (κ1) is 25.6. The van der Waals surface area contributed by atoms with Gasteiger partial charge >= 0.3 is 0 Å². The minimum Gasteiger partial charge on any atom is -0.494 e. The summed E-state index contributed by atoms with van der Waals surface area (Å²) in [5.41, 5.74) is 0.713. The average Bonchev–Trinajstić information content (AvgIpc) is 3.36. The molecule has 1 fully saturated rings. The van der Waals surface area contributed by atoms with E-state index in [0.29, 0.717) is 41.7 Å². The van der Waals surface area contributed by atoms with Gasteiger partial charge in [0.25, 0.3) is 11.5 Å². The number of aromatic nitrogens is 1. The molecule has 0 spiro atoms. The molecule has 4 aromatic rings. The number of fused-ring (bicyclic) bond motifs is 3. The van der Waals surface area contributed by atoms with Crippen molar-refractivity contribution in [3.05, 3.63) is 75.4 Å². The standard InChI is InChI=1S/C28H27N3O6S/c1-37-24-23-25(38-26(24)27(35)29-18-11-13-30(14-12-18)22(34)16-32)19-9-5-6-10-20(19)31(28(23)36)15-21(33)17-7-3-2-4-8-17/h2-10,18,32H,11-16H2,1H3,(H,29,35). The van der Waals surface area contributed by atoms with Crippen LogP contribution in [0, 0.1) is 0 Å². The Morgan fingerprint density at radius 3 is 2.42 bits per heavy atom. The maximum atomic E-state index is 13.8. The van der Waals surface area contributed by atoms with E-state index in [1.165, 1.54) is 23.0 Å². The lowest BCUT2D eigenvalue weighted by atomic mass is 10.0. The number of thiophene rings is 1. The number of piperidine rings is 1. The highest BCUT2D eigenvalue weighted by atomic mass is 32.1. The number of benzene rings is 2. The van der Waals surface area contributed by atoms with Gasteiger partial charge in [0.2, 0.25) is 5.91 Å². The van der Waals surface area contributed by atoms with Gasteiger partial charge in [0.15, 0.2) is 11.5 Å². The van der Waals surface area contributed by atoms with Crippen molar-refractivity contribution in [3.63, 3.8) is 0 Å². The molecule has 0 atom stereocenters. The third kappa shape index (κ3) is 4.68. The largest absolute Gasteiger partial charge is 0.494 e. The molecule has 10 heteroatoms. The van der Waals surface area contributed by atoms with Crippen molar-refractivity contribution in [2.45, 2.75) is 25.4 Å². The number of methoxy groups -OCH3 is 1. The molecule has 2 aromatic carbocycles. The first-order valence-electron chi connectivity index (χ1n) is 12.3. The van der Waals surface area contributed by atoms with Crippen LogP contribution in [0.2, 0.25) is 0 Å². The zero-order valence-corrected chi connectivity index (χ0v) is 21.6. The molecule has 38 heavy (non-hydrogen) atoms. The topological polar surface area (TPSA) is 118 Å². The summed E-state index contributed by atoms with van der Waals surface area (Å²) in [6, 6.07) is 16.0. The molecular formula is C28H27N3O6S. The molecular weight excluding hydrogens is 506 g/mol. The van der Waals surface area contributed by atoms with E-state index in [1.807, 2.05) is 24.3 Å². The Morgan fingerprint density at radius 1 is 1.05 bits per heavy atom. The minimum atomic E-state index is -0.529. The second-order valence-electron chi connectivity index (χ2n) is 9.15. The Kier molecular flexibility index (Phi) is 7.26. The molecule has 0 bridgehead atoms. The summed E-state index contributed by atoms with van der Waals surface area (Å²) in [6.07, 6.45) is 1.12. The van der Waals surface area contributed by atoms with E-state index >= 15 is 0 Å². The van der Waals surface area contributed by atoms with E-state index in [9.17, 15) is 19.2 Å². The van der Waals surface area contributed by atoms with Gasteiger partial charge < -0.3 is 20.1 Å². The summed E-state index contributed by atoms with van der Waals surface area (Å²) in [6.45, 7) is 0.209. The molecule has 2 aromatic heterocycles. The molecule has 1 aliphatic heterocycles. The third-order valence-corrected chi connectivity index (χ3v) is 8.09. The van der Waals surface area contributed by atoms with Crippen LogP contribution in [0.5, 0.6) is 5.75 Å². The lowest BCUT2D eigenvalue weighted by Crippen LogP contribution is -2.47. The smallest absolute Gasteiger partial charge is 0.265 e. The van der Waals surface area contributed by atoms with E-state index in [4.69, 9.17) is 9.84 Å².